The minimum atomic E-state index is -0.00188. The van der Waals surface area contributed by atoms with Crippen molar-refractivity contribution in [1.82, 2.24) is 14.5 Å². The van der Waals surface area contributed by atoms with Gasteiger partial charge < -0.3 is 14.8 Å². The number of aromatic nitrogens is 2. The number of anilines is 1. The lowest BCUT2D eigenvalue weighted by Gasteiger charge is -2.32. The van der Waals surface area contributed by atoms with Gasteiger partial charge in [-0.25, -0.2) is 4.98 Å². The van der Waals surface area contributed by atoms with Gasteiger partial charge in [0.2, 0.25) is 0 Å². The molecule has 19 heavy (non-hydrogen) atoms. The quantitative estimate of drug-likeness (QED) is 0.876. The van der Waals surface area contributed by atoms with Gasteiger partial charge in [-0.05, 0) is 32.4 Å². The van der Waals surface area contributed by atoms with Crippen LogP contribution in [-0.2, 0) is 6.54 Å². The zero-order valence-corrected chi connectivity index (χ0v) is 11.9. The number of likely N-dealkylation sites (N-methyl/N-ethyl adjacent to an activating group) is 1. The molecule has 0 aliphatic carbocycles. The molecule has 1 fully saturated rings. The smallest absolute Gasteiger partial charge is 0.293 e. The van der Waals surface area contributed by atoms with Gasteiger partial charge >= 0.3 is 0 Å². The summed E-state index contributed by atoms with van der Waals surface area (Å²) in [6, 6.07) is 0.339. The highest BCUT2D eigenvalue weighted by atomic mass is 16.1. The Morgan fingerprint density at radius 1 is 1.47 bits per heavy atom. The number of rotatable bonds is 5. The third-order valence-electron chi connectivity index (χ3n) is 3.67. The zero-order chi connectivity index (χ0) is 13.7. The molecular formula is C14H24N4O. The molecule has 1 aliphatic heterocycles. The Morgan fingerprint density at radius 2 is 2.32 bits per heavy atom. The summed E-state index contributed by atoms with van der Waals surface area (Å²) < 4.78 is 1.73. The lowest BCUT2D eigenvalue weighted by Crippen LogP contribution is -2.43. The van der Waals surface area contributed by atoms with E-state index in [0.717, 1.165) is 39.0 Å². The van der Waals surface area contributed by atoms with E-state index in [-0.39, 0.29) is 5.56 Å². The molecule has 106 valence electrons. The van der Waals surface area contributed by atoms with Crippen LogP contribution in [0.25, 0.3) is 0 Å². The molecule has 1 aromatic rings. The Morgan fingerprint density at radius 3 is 3.05 bits per heavy atom. The summed E-state index contributed by atoms with van der Waals surface area (Å²) >= 11 is 0. The van der Waals surface area contributed by atoms with Crippen molar-refractivity contribution in [2.24, 2.45) is 0 Å². The minimum Gasteiger partial charge on any atom is -0.361 e. The molecule has 5 heteroatoms. The number of hydrogen-bond donors (Lipinski definition) is 1. The highest BCUT2D eigenvalue weighted by molar-refractivity contribution is 5.32. The molecule has 0 saturated carbocycles. The van der Waals surface area contributed by atoms with E-state index in [1.54, 1.807) is 17.0 Å². The minimum absolute atomic E-state index is 0.00188. The first-order valence-corrected chi connectivity index (χ1v) is 7.29. The van der Waals surface area contributed by atoms with Crippen LogP contribution in [0.4, 0.5) is 5.82 Å². The molecule has 2 heterocycles. The van der Waals surface area contributed by atoms with Crippen molar-refractivity contribution in [2.75, 3.05) is 25.0 Å². The van der Waals surface area contributed by atoms with Crippen molar-refractivity contribution in [3.8, 4) is 0 Å². The molecule has 0 amide bonds. The van der Waals surface area contributed by atoms with Gasteiger partial charge in [0.15, 0.2) is 5.82 Å². The van der Waals surface area contributed by atoms with E-state index < -0.39 is 0 Å². The predicted octanol–water partition coefficient (Wildman–Crippen LogP) is 1.55. The first-order valence-electron chi connectivity index (χ1n) is 7.29. The summed E-state index contributed by atoms with van der Waals surface area (Å²) in [6.45, 7) is 8.23. The SMILES string of the molecule is CCCn1ccnc(NC2CCCN(CC)C2)c1=O. The molecule has 5 nitrogen and oxygen atoms in total. The number of hydrogen-bond acceptors (Lipinski definition) is 4. The zero-order valence-electron chi connectivity index (χ0n) is 11.9. The molecular weight excluding hydrogens is 240 g/mol. The van der Waals surface area contributed by atoms with Crippen LogP contribution in [0, 0.1) is 0 Å². The molecule has 1 aromatic heterocycles. The van der Waals surface area contributed by atoms with Crippen molar-refractivity contribution in [3.05, 3.63) is 22.7 Å². The molecule has 0 bridgehead atoms. The van der Waals surface area contributed by atoms with Crippen molar-refractivity contribution >= 4 is 5.82 Å². The second-order valence-corrected chi connectivity index (χ2v) is 5.15. The van der Waals surface area contributed by atoms with Gasteiger partial charge in [0.1, 0.15) is 0 Å². The molecule has 1 N–H and O–H groups in total. The van der Waals surface area contributed by atoms with Crippen LogP contribution in [0.3, 0.4) is 0 Å². The average Bonchev–Trinajstić information content (AvgIpc) is 2.44. The first kappa shape index (κ1) is 14.1. The second-order valence-electron chi connectivity index (χ2n) is 5.15. The number of nitrogens with one attached hydrogen (secondary N) is 1. The van der Waals surface area contributed by atoms with Crippen LogP contribution in [0.15, 0.2) is 17.2 Å². The van der Waals surface area contributed by atoms with Crippen LogP contribution in [-0.4, -0.2) is 40.1 Å². The molecule has 1 atom stereocenters. The second kappa shape index (κ2) is 6.70. The predicted molar refractivity (Wildman–Crippen MR) is 77.5 cm³/mol. The van der Waals surface area contributed by atoms with E-state index >= 15 is 0 Å². The Kier molecular flexibility index (Phi) is 4.96. The summed E-state index contributed by atoms with van der Waals surface area (Å²) in [5, 5.41) is 3.33. The van der Waals surface area contributed by atoms with Crippen molar-refractivity contribution in [1.29, 1.82) is 0 Å². The lowest BCUT2D eigenvalue weighted by atomic mass is 10.1. The van der Waals surface area contributed by atoms with Crippen LogP contribution in [0.1, 0.15) is 33.1 Å². The number of nitrogens with zero attached hydrogens (tertiary/aromatic N) is 3. The maximum Gasteiger partial charge on any atom is 0.293 e. The fraction of sp³-hybridized carbons (Fsp3) is 0.714. The third-order valence-corrected chi connectivity index (χ3v) is 3.67. The molecule has 0 radical (unpaired) electrons. The Labute approximate surface area is 114 Å². The maximum absolute atomic E-state index is 12.2. The first-order chi connectivity index (χ1) is 9.24. The fourth-order valence-corrected chi connectivity index (χ4v) is 2.62. The molecule has 2 rings (SSSR count). The molecule has 1 unspecified atom stereocenters. The molecule has 1 saturated heterocycles. The third kappa shape index (κ3) is 3.56. The Balaban J connectivity index is 2.06. The van der Waals surface area contributed by atoms with E-state index in [4.69, 9.17) is 0 Å². The van der Waals surface area contributed by atoms with E-state index in [1.807, 2.05) is 0 Å². The topological polar surface area (TPSA) is 50.2 Å². The fourth-order valence-electron chi connectivity index (χ4n) is 2.62. The van der Waals surface area contributed by atoms with Gasteiger partial charge in [0.05, 0.1) is 0 Å². The standard InChI is InChI=1S/C14H24N4O/c1-3-8-18-10-7-15-13(14(18)19)16-12-6-5-9-17(4-2)11-12/h7,10,12H,3-6,8-9,11H2,1-2H3,(H,15,16). The Hall–Kier alpha value is -1.36. The van der Waals surface area contributed by atoms with E-state index in [0.29, 0.717) is 11.9 Å². The lowest BCUT2D eigenvalue weighted by molar-refractivity contribution is 0.226. The average molecular weight is 264 g/mol. The normalized spacial score (nSPS) is 20.4. The van der Waals surface area contributed by atoms with Crippen molar-refractivity contribution in [2.45, 2.75) is 45.7 Å². The van der Waals surface area contributed by atoms with Gasteiger partial charge in [0.25, 0.3) is 5.56 Å². The number of aryl methyl sites for hydroxylation is 1. The highest BCUT2D eigenvalue weighted by Gasteiger charge is 2.19. The highest BCUT2D eigenvalue weighted by Crippen LogP contribution is 2.12. The summed E-state index contributed by atoms with van der Waals surface area (Å²) in [4.78, 5) is 18.8. The summed E-state index contributed by atoms with van der Waals surface area (Å²) in [5.74, 6) is 0.499. The monoisotopic (exact) mass is 264 g/mol. The van der Waals surface area contributed by atoms with Gasteiger partial charge in [-0.2, -0.15) is 0 Å². The summed E-state index contributed by atoms with van der Waals surface area (Å²) in [6.07, 6.45) is 6.72. The molecule has 0 aromatic carbocycles. The largest absolute Gasteiger partial charge is 0.361 e. The van der Waals surface area contributed by atoms with Gasteiger partial charge in [-0.3, -0.25) is 4.79 Å². The maximum atomic E-state index is 12.2. The van der Waals surface area contributed by atoms with Crippen molar-refractivity contribution in [3.63, 3.8) is 0 Å². The van der Waals surface area contributed by atoms with E-state index in [9.17, 15) is 4.79 Å². The van der Waals surface area contributed by atoms with Crippen LogP contribution < -0.4 is 10.9 Å². The van der Waals surface area contributed by atoms with Crippen LogP contribution in [0.5, 0.6) is 0 Å². The summed E-state index contributed by atoms with van der Waals surface area (Å²) in [7, 11) is 0. The number of piperidine rings is 1. The molecule has 0 spiro atoms. The Bertz CT molecular complexity index is 457. The summed E-state index contributed by atoms with van der Waals surface area (Å²) in [5.41, 5.74) is -0.00188. The van der Waals surface area contributed by atoms with Crippen LogP contribution in [0.2, 0.25) is 0 Å². The van der Waals surface area contributed by atoms with Crippen molar-refractivity contribution < 1.29 is 0 Å². The van der Waals surface area contributed by atoms with E-state index in [2.05, 4.69) is 29.0 Å². The van der Waals surface area contributed by atoms with Gasteiger partial charge in [0, 0.05) is 31.5 Å². The van der Waals surface area contributed by atoms with E-state index in [1.165, 1.54) is 6.42 Å². The van der Waals surface area contributed by atoms with Crippen LogP contribution >= 0.6 is 0 Å². The number of likely N-dealkylation sites (tertiary alicyclic amines) is 1. The van der Waals surface area contributed by atoms with Gasteiger partial charge in [-0.1, -0.05) is 13.8 Å². The van der Waals surface area contributed by atoms with Gasteiger partial charge in [-0.15, -0.1) is 0 Å². The molecule has 1 aliphatic rings.